The highest BCUT2D eigenvalue weighted by atomic mass is 35.5. The summed E-state index contributed by atoms with van der Waals surface area (Å²) in [4.78, 5) is 0. The van der Waals surface area contributed by atoms with Gasteiger partial charge in [0.05, 0.1) is 11.4 Å². The standard InChI is InChI=1S/C16H17FN2O2S.ClH/c17-15-7-5-13(6-8-15)12-22(20,21)19-10-9-18-11-14-3-1-2-4-16(14)19;/h1-8,18H,9-12H2;1H. The lowest BCUT2D eigenvalue weighted by atomic mass is 10.2. The molecular formula is C16H18ClFN2O2S. The molecule has 1 aliphatic rings. The van der Waals surface area contributed by atoms with Crippen molar-refractivity contribution in [3.63, 3.8) is 0 Å². The molecule has 0 aromatic heterocycles. The second-order valence-corrected chi connectivity index (χ2v) is 7.15. The van der Waals surface area contributed by atoms with E-state index in [2.05, 4.69) is 5.32 Å². The maximum Gasteiger partial charge on any atom is 0.239 e. The van der Waals surface area contributed by atoms with Crippen LogP contribution in [-0.4, -0.2) is 21.5 Å². The van der Waals surface area contributed by atoms with Crippen molar-refractivity contribution in [2.75, 3.05) is 17.4 Å². The minimum Gasteiger partial charge on any atom is -0.311 e. The lowest BCUT2D eigenvalue weighted by molar-refractivity contribution is 0.588. The fourth-order valence-corrected chi connectivity index (χ4v) is 4.20. The van der Waals surface area contributed by atoms with Gasteiger partial charge < -0.3 is 5.32 Å². The van der Waals surface area contributed by atoms with Gasteiger partial charge in [0.25, 0.3) is 0 Å². The lowest BCUT2D eigenvalue weighted by Gasteiger charge is -2.24. The van der Waals surface area contributed by atoms with Crippen molar-refractivity contribution in [1.82, 2.24) is 5.32 Å². The van der Waals surface area contributed by atoms with Gasteiger partial charge in [-0.15, -0.1) is 12.4 Å². The Morgan fingerprint density at radius 1 is 1.09 bits per heavy atom. The number of hydrogen-bond acceptors (Lipinski definition) is 3. The first-order valence-electron chi connectivity index (χ1n) is 7.10. The number of nitrogens with zero attached hydrogens (tertiary/aromatic N) is 1. The molecule has 1 aliphatic heterocycles. The molecule has 3 rings (SSSR count). The predicted octanol–water partition coefficient (Wildman–Crippen LogP) is 2.69. The average molecular weight is 357 g/mol. The number of sulfonamides is 1. The van der Waals surface area contributed by atoms with Crippen molar-refractivity contribution < 1.29 is 12.8 Å². The molecule has 0 saturated carbocycles. The molecule has 1 heterocycles. The van der Waals surface area contributed by atoms with E-state index in [0.29, 0.717) is 25.2 Å². The third-order valence-electron chi connectivity index (χ3n) is 3.67. The number of fused-ring (bicyclic) bond motifs is 1. The molecule has 0 unspecified atom stereocenters. The van der Waals surface area contributed by atoms with Crippen LogP contribution in [0.1, 0.15) is 11.1 Å². The highest BCUT2D eigenvalue weighted by Crippen LogP contribution is 2.26. The molecule has 7 heteroatoms. The highest BCUT2D eigenvalue weighted by molar-refractivity contribution is 7.92. The Labute approximate surface area is 141 Å². The Hall–Kier alpha value is -1.63. The maximum absolute atomic E-state index is 13.0. The molecule has 0 radical (unpaired) electrons. The smallest absolute Gasteiger partial charge is 0.239 e. The molecule has 124 valence electrons. The highest BCUT2D eigenvalue weighted by Gasteiger charge is 2.26. The van der Waals surface area contributed by atoms with Crippen LogP contribution in [0.3, 0.4) is 0 Å². The summed E-state index contributed by atoms with van der Waals surface area (Å²) in [6, 6.07) is 13.1. The van der Waals surface area contributed by atoms with E-state index in [0.717, 1.165) is 11.3 Å². The van der Waals surface area contributed by atoms with E-state index in [-0.39, 0.29) is 24.0 Å². The summed E-state index contributed by atoms with van der Waals surface area (Å²) in [5, 5.41) is 3.22. The molecule has 0 atom stereocenters. The van der Waals surface area contributed by atoms with Crippen molar-refractivity contribution in [1.29, 1.82) is 0 Å². The Morgan fingerprint density at radius 3 is 2.52 bits per heavy atom. The molecule has 0 spiro atoms. The van der Waals surface area contributed by atoms with Crippen LogP contribution in [0.25, 0.3) is 0 Å². The molecule has 0 aliphatic carbocycles. The molecule has 4 nitrogen and oxygen atoms in total. The van der Waals surface area contributed by atoms with Crippen molar-refractivity contribution in [3.05, 3.63) is 65.5 Å². The van der Waals surface area contributed by atoms with Gasteiger partial charge in [0.1, 0.15) is 5.82 Å². The molecule has 0 bridgehead atoms. The lowest BCUT2D eigenvalue weighted by Crippen LogP contribution is -2.35. The first-order valence-corrected chi connectivity index (χ1v) is 8.71. The van der Waals surface area contributed by atoms with Gasteiger partial charge in [0.15, 0.2) is 0 Å². The SMILES string of the molecule is Cl.O=S(=O)(Cc1ccc(F)cc1)N1CCNCc2ccccc21. The molecule has 2 aromatic carbocycles. The molecule has 0 fully saturated rings. The number of halogens is 2. The predicted molar refractivity (Wildman–Crippen MR) is 91.8 cm³/mol. The van der Waals surface area contributed by atoms with Gasteiger partial charge >= 0.3 is 0 Å². The summed E-state index contributed by atoms with van der Waals surface area (Å²) in [6.45, 7) is 1.64. The van der Waals surface area contributed by atoms with Crippen molar-refractivity contribution in [3.8, 4) is 0 Å². The van der Waals surface area contributed by atoms with E-state index in [1.807, 2.05) is 24.3 Å². The molecule has 1 N–H and O–H groups in total. The van der Waals surface area contributed by atoms with Gasteiger partial charge in [-0.25, -0.2) is 12.8 Å². The molecule has 0 saturated heterocycles. The number of nitrogens with one attached hydrogen (secondary N) is 1. The van der Waals surface area contributed by atoms with Gasteiger partial charge in [-0.1, -0.05) is 30.3 Å². The van der Waals surface area contributed by atoms with Crippen LogP contribution in [0, 0.1) is 5.82 Å². The van der Waals surface area contributed by atoms with Crippen LogP contribution in [0.2, 0.25) is 0 Å². The topological polar surface area (TPSA) is 49.4 Å². The van der Waals surface area contributed by atoms with E-state index in [1.54, 1.807) is 0 Å². The van der Waals surface area contributed by atoms with Crippen LogP contribution in [0.4, 0.5) is 10.1 Å². The number of rotatable bonds is 3. The van der Waals surface area contributed by atoms with Gasteiger partial charge in [-0.05, 0) is 29.3 Å². The molecule has 0 amide bonds. The van der Waals surface area contributed by atoms with Gasteiger partial charge in [-0.3, -0.25) is 4.31 Å². The first-order chi connectivity index (χ1) is 10.6. The minimum atomic E-state index is -3.52. The Bertz CT molecular complexity index is 766. The summed E-state index contributed by atoms with van der Waals surface area (Å²) in [5.41, 5.74) is 2.26. The Kier molecular flexibility index (Phi) is 5.62. The quantitative estimate of drug-likeness (QED) is 0.919. The summed E-state index contributed by atoms with van der Waals surface area (Å²) < 4.78 is 39.9. The summed E-state index contributed by atoms with van der Waals surface area (Å²) in [6.07, 6.45) is 0. The number of hydrogen-bond donors (Lipinski definition) is 1. The Morgan fingerprint density at radius 2 is 1.78 bits per heavy atom. The first kappa shape index (κ1) is 17.7. The maximum atomic E-state index is 13.0. The van der Waals surface area contributed by atoms with Gasteiger partial charge in [0, 0.05) is 19.6 Å². The third-order valence-corrected chi connectivity index (χ3v) is 5.41. The van der Waals surface area contributed by atoms with Gasteiger partial charge in [0.2, 0.25) is 10.0 Å². The Balaban J connectivity index is 0.00000192. The molecule has 2 aromatic rings. The van der Waals surface area contributed by atoms with Crippen molar-refractivity contribution >= 4 is 28.1 Å². The zero-order chi connectivity index (χ0) is 15.6. The van der Waals surface area contributed by atoms with E-state index < -0.39 is 10.0 Å². The normalized spacial score (nSPS) is 14.6. The average Bonchev–Trinajstić information content (AvgIpc) is 2.72. The second-order valence-electron chi connectivity index (χ2n) is 5.26. The van der Waals surface area contributed by atoms with E-state index in [9.17, 15) is 12.8 Å². The van der Waals surface area contributed by atoms with E-state index >= 15 is 0 Å². The summed E-state index contributed by atoms with van der Waals surface area (Å²) in [7, 11) is -3.52. The van der Waals surface area contributed by atoms with Gasteiger partial charge in [-0.2, -0.15) is 0 Å². The molecule has 23 heavy (non-hydrogen) atoms. The summed E-state index contributed by atoms with van der Waals surface area (Å²) >= 11 is 0. The minimum absolute atomic E-state index is 0. The monoisotopic (exact) mass is 356 g/mol. The van der Waals surface area contributed by atoms with Crippen LogP contribution in [0.15, 0.2) is 48.5 Å². The second kappa shape index (κ2) is 7.29. The third kappa shape index (κ3) is 4.02. The van der Waals surface area contributed by atoms with E-state index in [4.69, 9.17) is 0 Å². The van der Waals surface area contributed by atoms with E-state index in [1.165, 1.54) is 28.6 Å². The fraction of sp³-hybridized carbons (Fsp3) is 0.250. The number of para-hydroxylation sites is 1. The number of benzene rings is 2. The van der Waals surface area contributed by atoms with Crippen molar-refractivity contribution in [2.24, 2.45) is 0 Å². The fourth-order valence-electron chi connectivity index (χ4n) is 2.59. The van der Waals surface area contributed by atoms with Crippen LogP contribution < -0.4 is 9.62 Å². The van der Waals surface area contributed by atoms with Crippen LogP contribution in [0.5, 0.6) is 0 Å². The zero-order valence-electron chi connectivity index (χ0n) is 12.4. The summed E-state index contributed by atoms with van der Waals surface area (Å²) in [5.74, 6) is -0.507. The number of anilines is 1. The van der Waals surface area contributed by atoms with Crippen molar-refractivity contribution in [2.45, 2.75) is 12.3 Å². The zero-order valence-corrected chi connectivity index (χ0v) is 14.0. The van der Waals surface area contributed by atoms with Crippen LogP contribution >= 0.6 is 12.4 Å². The largest absolute Gasteiger partial charge is 0.311 e. The molecular weight excluding hydrogens is 339 g/mol. The van der Waals surface area contributed by atoms with Crippen LogP contribution in [-0.2, 0) is 22.3 Å².